The standard InChI is InChI=1S/C39H51N3O2/c1-5-6-7-8-9-10-13-27-16-18-32-30-17-15-28-23-34-26(24-39(28,4)33(30)19-20-38(27,32)3)22-31-35(40-37(44)41-36(31)43)42(34)29-14-11-12-25(2)21-29/h11-12,14,21-23,27,30,32-33H,5-10,13,15-20,24H2,1-4H3,(H,41,43,44)/t27-,30-,32-,33-,38+,39-/m0/s1. The molecule has 6 atom stereocenters. The van der Waals surface area contributed by atoms with Crippen LogP contribution in [0.1, 0.15) is 121 Å². The van der Waals surface area contributed by atoms with Gasteiger partial charge in [0.15, 0.2) is 5.82 Å². The van der Waals surface area contributed by atoms with E-state index in [1.807, 2.05) is 12.1 Å². The zero-order valence-corrected chi connectivity index (χ0v) is 27.4. The normalized spacial score (nSPS) is 30.8. The molecule has 0 radical (unpaired) electrons. The molecule has 2 heterocycles. The van der Waals surface area contributed by atoms with Gasteiger partial charge in [0, 0.05) is 5.69 Å². The number of unbranched alkanes of at least 4 members (excludes halogenated alkanes) is 5. The van der Waals surface area contributed by atoms with Crippen molar-refractivity contribution in [3.05, 3.63) is 73.6 Å². The van der Waals surface area contributed by atoms with Gasteiger partial charge in [0.1, 0.15) is 0 Å². The van der Waals surface area contributed by atoms with Crippen molar-refractivity contribution < 1.29 is 0 Å². The van der Waals surface area contributed by atoms with E-state index < -0.39 is 5.69 Å². The van der Waals surface area contributed by atoms with E-state index in [2.05, 4.69) is 66.5 Å². The summed E-state index contributed by atoms with van der Waals surface area (Å²) in [5.74, 6) is 3.69. The SMILES string of the molecule is CCCCCCCC[C@H]1CC[C@H]2[C@@H]3CCC4=Cc5c(cc6c(=O)[nH]c(=O)nc-6n5-c5cccc(C)c5)C[C@]4(C)[C@H]3CC[C@]12C. The Hall–Kier alpha value is -2.95. The summed E-state index contributed by atoms with van der Waals surface area (Å²) in [7, 11) is 0. The number of benzene rings is 1. The molecule has 0 aromatic heterocycles. The van der Waals surface area contributed by atoms with Gasteiger partial charge in [-0.3, -0.25) is 14.3 Å². The van der Waals surface area contributed by atoms with Crippen LogP contribution in [0.2, 0.25) is 0 Å². The smallest absolute Gasteiger partial charge is 0.294 e. The maximum atomic E-state index is 13.1. The van der Waals surface area contributed by atoms with Gasteiger partial charge < -0.3 is 0 Å². The molecule has 234 valence electrons. The fourth-order valence-electron chi connectivity index (χ4n) is 10.7. The van der Waals surface area contributed by atoms with Gasteiger partial charge in [-0.15, -0.1) is 0 Å². The summed E-state index contributed by atoms with van der Waals surface area (Å²) in [5, 5.41) is 0. The number of hydrogen-bond acceptors (Lipinski definition) is 3. The maximum Gasteiger partial charge on any atom is 0.349 e. The van der Waals surface area contributed by atoms with E-state index >= 15 is 0 Å². The number of allylic oxidation sites excluding steroid dienone is 1. The summed E-state index contributed by atoms with van der Waals surface area (Å²) in [6.07, 6.45) is 21.2. The first kappa shape index (κ1) is 29.7. The Labute approximate surface area is 262 Å². The number of fused-ring (bicyclic) bond motifs is 7. The van der Waals surface area contributed by atoms with Crippen LogP contribution in [0, 0.1) is 41.4 Å². The molecule has 6 aliphatic rings. The summed E-state index contributed by atoms with van der Waals surface area (Å²) in [4.78, 5) is 32.3. The van der Waals surface area contributed by atoms with Crippen molar-refractivity contribution in [3.8, 4) is 17.1 Å². The first-order valence-corrected chi connectivity index (χ1v) is 17.7. The molecule has 2 aliphatic heterocycles. The zero-order chi connectivity index (χ0) is 30.6. The average Bonchev–Trinajstić information content (AvgIpc) is 3.33. The van der Waals surface area contributed by atoms with E-state index in [4.69, 9.17) is 0 Å². The number of nitrogens with zero attached hydrogens (tertiary/aromatic N) is 2. The van der Waals surface area contributed by atoms with Crippen LogP contribution in [-0.4, -0.2) is 14.5 Å². The molecule has 1 aromatic rings. The van der Waals surface area contributed by atoms with Gasteiger partial charge in [-0.2, -0.15) is 4.98 Å². The van der Waals surface area contributed by atoms with E-state index in [9.17, 15) is 9.59 Å². The molecule has 0 bridgehead atoms. The van der Waals surface area contributed by atoms with Crippen molar-refractivity contribution in [1.82, 2.24) is 14.5 Å². The Bertz CT molecular complexity index is 1660. The van der Waals surface area contributed by atoms with E-state index in [1.54, 1.807) is 5.57 Å². The molecule has 1 N–H and O–H groups in total. The quantitative estimate of drug-likeness (QED) is 0.265. The minimum atomic E-state index is -0.589. The van der Waals surface area contributed by atoms with Gasteiger partial charge in [0.2, 0.25) is 0 Å². The van der Waals surface area contributed by atoms with Gasteiger partial charge >= 0.3 is 5.69 Å². The fourth-order valence-corrected chi connectivity index (χ4v) is 10.7. The van der Waals surface area contributed by atoms with Crippen LogP contribution in [0.3, 0.4) is 0 Å². The number of hydrogen-bond donors (Lipinski definition) is 1. The third kappa shape index (κ3) is 4.84. The third-order valence-corrected chi connectivity index (χ3v) is 13.0. The van der Waals surface area contributed by atoms with E-state index in [1.165, 1.54) is 82.6 Å². The molecule has 0 saturated heterocycles. The lowest BCUT2D eigenvalue weighted by atomic mass is 9.46. The van der Waals surface area contributed by atoms with Crippen molar-refractivity contribution in [2.24, 2.45) is 34.5 Å². The van der Waals surface area contributed by atoms with Crippen LogP contribution in [0.15, 0.2) is 45.5 Å². The van der Waals surface area contributed by atoms with Crippen LogP contribution >= 0.6 is 0 Å². The lowest BCUT2D eigenvalue weighted by molar-refractivity contribution is -0.0478. The molecule has 44 heavy (non-hydrogen) atoms. The van der Waals surface area contributed by atoms with Gasteiger partial charge in [0.25, 0.3) is 5.56 Å². The minimum Gasteiger partial charge on any atom is -0.294 e. The number of aryl methyl sites for hydroxylation is 1. The highest BCUT2D eigenvalue weighted by molar-refractivity contribution is 5.70. The lowest BCUT2D eigenvalue weighted by Gasteiger charge is -2.58. The molecule has 0 amide bonds. The maximum absolute atomic E-state index is 13.1. The summed E-state index contributed by atoms with van der Waals surface area (Å²) in [5.41, 5.74) is 6.12. The molecule has 5 heteroatoms. The molecule has 3 saturated carbocycles. The molecule has 5 nitrogen and oxygen atoms in total. The number of H-pyrrole nitrogens is 1. The Morgan fingerprint density at radius 3 is 2.61 bits per heavy atom. The van der Waals surface area contributed by atoms with Gasteiger partial charge in [-0.1, -0.05) is 77.0 Å². The Morgan fingerprint density at radius 1 is 0.977 bits per heavy atom. The van der Waals surface area contributed by atoms with E-state index in [0.29, 0.717) is 22.7 Å². The third-order valence-electron chi connectivity index (χ3n) is 13.0. The first-order valence-electron chi connectivity index (χ1n) is 17.7. The number of aromatic amines is 1. The molecule has 3 fully saturated rings. The predicted molar refractivity (Wildman–Crippen MR) is 179 cm³/mol. The molecule has 0 spiro atoms. The van der Waals surface area contributed by atoms with Gasteiger partial charge in [-0.05, 0) is 128 Å². The number of pyridine rings is 1. The second-order valence-electron chi connectivity index (χ2n) is 15.4. The topological polar surface area (TPSA) is 67.8 Å². The average molecular weight is 594 g/mol. The van der Waals surface area contributed by atoms with Crippen molar-refractivity contribution in [3.63, 3.8) is 0 Å². The van der Waals surface area contributed by atoms with Crippen LogP contribution in [0.4, 0.5) is 0 Å². The highest BCUT2D eigenvalue weighted by atomic mass is 16.2. The summed E-state index contributed by atoms with van der Waals surface area (Å²) in [6, 6.07) is 10.4. The minimum absolute atomic E-state index is 0.103. The van der Waals surface area contributed by atoms with Crippen molar-refractivity contribution in [2.75, 3.05) is 0 Å². The molecular formula is C39H51N3O2. The van der Waals surface area contributed by atoms with E-state index in [-0.39, 0.29) is 11.0 Å². The molecular weight excluding hydrogens is 542 g/mol. The lowest BCUT2D eigenvalue weighted by Crippen LogP contribution is -2.51. The summed E-state index contributed by atoms with van der Waals surface area (Å²) >= 11 is 0. The van der Waals surface area contributed by atoms with Crippen LogP contribution in [-0.2, 0) is 6.42 Å². The monoisotopic (exact) mass is 593 g/mol. The Morgan fingerprint density at radius 2 is 1.80 bits per heavy atom. The fraction of sp³-hybridized carbons (Fsp3) is 0.615. The van der Waals surface area contributed by atoms with Crippen LogP contribution < -0.4 is 11.2 Å². The van der Waals surface area contributed by atoms with Crippen LogP contribution in [0.25, 0.3) is 23.2 Å². The number of aromatic nitrogens is 3. The largest absolute Gasteiger partial charge is 0.349 e. The number of nitrogens with one attached hydrogen (secondary N) is 1. The van der Waals surface area contributed by atoms with Crippen molar-refractivity contribution >= 4 is 6.08 Å². The highest BCUT2D eigenvalue weighted by Crippen LogP contribution is 2.67. The van der Waals surface area contributed by atoms with Crippen molar-refractivity contribution in [1.29, 1.82) is 0 Å². The molecule has 1 aromatic carbocycles. The second-order valence-corrected chi connectivity index (χ2v) is 15.4. The highest BCUT2D eigenvalue weighted by Gasteiger charge is 2.58. The summed E-state index contributed by atoms with van der Waals surface area (Å²) in [6.45, 7) is 9.59. The predicted octanol–water partition coefficient (Wildman–Crippen LogP) is 8.88. The molecule has 0 unspecified atom stereocenters. The van der Waals surface area contributed by atoms with Crippen molar-refractivity contribution in [2.45, 2.75) is 118 Å². The Balaban J connectivity index is 1.21. The van der Waals surface area contributed by atoms with Crippen LogP contribution in [0.5, 0.6) is 0 Å². The van der Waals surface area contributed by atoms with E-state index in [0.717, 1.165) is 47.5 Å². The van der Waals surface area contributed by atoms with Gasteiger partial charge in [-0.25, -0.2) is 4.79 Å². The first-order chi connectivity index (χ1) is 21.2. The zero-order valence-electron chi connectivity index (χ0n) is 27.4. The number of rotatable bonds is 8. The van der Waals surface area contributed by atoms with Gasteiger partial charge in [0.05, 0.1) is 11.3 Å². The molecule has 7 rings (SSSR count). The molecule has 4 aliphatic carbocycles. The second kappa shape index (κ2) is 11.4. The summed E-state index contributed by atoms with van der Waals surface area (Å²) < 4.78 is 2.08. The Kier molecular flexibility index (Phi) is 7.74.